The van der Waals surface area contributed by atoms with Crippen molar-refractivity contribution < 1.29 is 9.59 Å². The SMILES string of the molecule is C=C[C@H]1C[C@@H](/C=C/C[Si](c2ccccc2)(c2ccccc2)c2ccccc2)C(=O)N1C(C)=O. The lowest BCUT2D eigenvalue weighted by molar-refractivity contribution is -0.142. The average Bonchev–Trinajstić information content (AvgIpc) is 3.19. The van der Waals surface area contributed by atoms with E-state index in [1.54, 1.807) is 6.08 Å². The van der Waals surface area contributed by atoms with Crippen molar-refractivity contribution >= 4 is 35.4 Å². The summed E-state index contributed by atoms with van der Waals surface area (Å²) in [4.78, 5) is 26.2. The van der Waals surface area contributed by atoms with Gasteiger partial charge in [-0.1, -0.05) is 109 Å². The number of carbonyl (C=O) groups is 2. The number of allylic oxidation sites excluding steroid dienone is 1. The van der Waals surface area contributed by atoms with Crippen LogP contribution in [-0.4, -0.2) is 30.8 Å². The van der Waals surface area contributed by atoms with Crippen LogP contribution >= 0.6 is 0 Å². The minimum absolute atomic E-state index is 0.130. The topological polar surface area (TPSA) is 37.4 Å². The van der Waals surface area contributed by atoms with Crippen LogP contribution in [0.5, 0.6) is 0 Å². The van der Waals surface area contributed by atoms with Gasteiger partial charge in [0.05, 0.1) is 12.0 Å². The Labute approximate surface area is 197 Å². The first-order valence-electron chi connectivity index (χ1n) is 11.4. The average molecular weight is 452 g/mol. The number of hydrogen-bond donors (Lipinski definition) is 0. The van der Waals surface area contributed by atoms with Crippen LogP contribution in [-0.2, 0) is 9.59 Å². The molecule has 1 fully saturated rings. The summed E-state index contributed by atoms with van der Waals surface area (Å²) in [5.74, 6) is -0.650. The van der Waals surface area contributed by atoms with E-state index in [0.29, 0.717) is 6.42 Å². The van der Waals surface area contributed by atoms with Crippen molar-refractivity contribution in [1.82, 2.24) is 4.90 Å². The van der Waals surface area contributed by atoms with Gasteiger partial charge in [-0.3, -0.25) is 14.5 Å². The standard InChI is InChI=1S/C29H29NO2Si/c1-3-25-22-24(29(32)30(25)23(2)31)14-13-21-33(26-15-7-4-8-16-26,27-17-9-5-10-18-27)28-19-11-6-12-20-28/h3-20,24-25H,1,21-22H2,2H3/b14-13+/t24-,25+/m1/s1. The van der Waals surface area contributed by atoms with Crippen LogP contribution in [0, 0.1) is 5.92 Å². The monoisotopic (exact) mass is 451 g/mol. The molecular weight excluding hydrogens is 422 g/mol. The fourth-order valence-electron chi connectivity index (χ4n) is 4.99. The van der Waals surface area contributed by atoms with Crippen LogP contribution in [0.1, 0.15) is 13.3 Å². The molecule has 0 saturated carbocycles. The van der Waals surface area contributed by atoms with E-state index in [0.717, 1.165) is 6.04 Å². The maximum atomic E-state index is 12.9. The van der Waals surface area contributed by atoms with Crippen molar-refractivity contribution in [2.45, 2.75) is 25.4 Å². The van der Waals surface area contributed by atoms with Gasteiger partial charge in [0.15, 0.2) is 8.07 Å². The van der Waals surface area contributed by atoms with Crippen LogP contribution in [0.4, 0.5) is 0 Å². The number of nitrogens with zero attached hydrogens (tertiary/aromatic N) is 1. The molecule has 0 unspecified atom stereocenters. The van der Waals surface area contributed by atoms with Crippen molar-refractivity contribution in [2.75, 3.05) is 0 Å². The predicted octanol–water partition coefficient (Wildman–Crippen LogP) is 3.66. The van der Waals surface area contributed by atoms with Gasteiger partial charge < -0.3 is 0 Å². The Morgan fingerprint density at radius 2 is 1.36 bits per heavy atom. The molecule has 0 aliphatic carbocycles. The van der Waals surface area contributed by atoms with Crippen LogP contribution in [0.25, 0.3) is 0 Å². The molecule has 3 aromatic rings. The Morgan fingerprint density at radius 1 is 0.909 bits per heavy atom. The summed E-state index contributed by atoms with van der Waals surface area (Å²) in [6.45, 7) is 5.26. The van der Waals surface area contributed by atoms with Crippen LogP contribution < -0.4 is 15.6 Å². The molecule has 1 heterocycles. The van der Waals surface area contributed by atoms with Gasteiger partial charge >= 0.3 is 0 Å². The number of likely N-dealkylation sites (tertiary alicyclic amines) is 1. The lowest BCUT2D eigenvalue weighted by atomic mass is 10.0. The van der Waals surface area contributed by atoms with Crippen molar-refractivity contribution in [1.29, 1.82) is 0 Å². The molecule has 4 rings (SSSR count). The lowest BCUT2D eigenvalue weighted by Crippen LogP contribution is -2.66. The summed E-state index contributed by atoms with van der Waals surface area (Å²) < 4.78 is 0. The molecule has 3 aromatic carbocycles. The minimum Gasteiger partial charge on any atom is -0.275 e. The zero-order chi connectivity index (χ0) is 23.3. The van der Waals surface area contributed by atoms with E-state index >= 15 is 0 Å². The fourth-order valence-corrected chi connectivity index (χ4v) is 9.47. The molecule has 1 aliphatic rings. The van der Waals surface area contributed by atoms with E-state index in [2.05, 4.69) is 104 Å². The summed E-state index contributed by atoms with van der Waals surface area (Å²) in [5, 5.41) is 4.00. The van der Waals surface area contributed by atoms with Gasteiger partial charge in [0.2, 0.25) is 11.8 Å². The fraction of sp³-hybridized carbons (Fsp3) is 0.172. The van der Waals surface area contributed by atoms with Crippen molar-refractivity contribution in [3.63, 3.8) is 0 Å². The molecule has 0 aromatic heterocycles. The molecule has 4 heteroatoms. The van der Waals surface area contributed by atoms with Gasteiger partial charge in [0.25, 0.3) is 0 Å². The second-order valence-corrected chi connectivity index (χ2v) is 12.5. The van der Waals surface area contributed by atoms with Gasteiger partial charge in [-0.2, -0.15) is 0 Å². The van der Waals surface area contributed by atoms with Gasteiger partial charge in [0.1, 0.15) is 0 Å². The number of carbonyl (C=O) groups excluding carboxylic acids is 2. The molecule has 166 valence electrons. The normalized spacial score (nSPS) is 18.6. The molecule has 2 amide bonds. The second kappa shape index (κ2) is 9.97. The summed E-state index contributed by atoms with van der Waals surface area (Å²) >= 11 is 0. The van der Waals surface area contributed by atoms with Gasteiger partial charge in [-0.05, 0) is 28.0 Å². The van der Waals surface area contributed by atoms with Gasteiger partial charge in [-0.25, -0.2) is 0 Å². The van der Waals surface area contributed by atoms with Crippen molar-refractivity contribution in [3.8, 4) is 0 Å². The maximum absolute atomic E-state index is 12.9. The van der Waals surface area contributed by atoms with Crippen molar-refractivity contribution in [3.05, 3.63) is 116 Å². The number of benzene rings is 3. The zero-order valence-electron chi connectivity index (χ0n) is 18.9. The molecule has 0 spiro atoms. The number of rotatable bonds is 7. The third-order valence-electron chi connectivity index (χ3n) is 6.59. The van der Waals surface area contributed by atoms with E-state index in [1.165, 1.54) is 27.4 Å². The molecule has 1 saturated heterocycles. The van der Waals surface area contributed by atoms with Crippen LogP contribution in [0.3, 0.4) is 0 Å². The van der Waals surface area contributed by atoms with Gasteiger partial charge in [-0.15, -0.1) is 6.58 Å². The van der Waals surface area contributed by atoms with Crippen LogP contribution in [0.15, 0.2) is 116 Å². The highest BCUT2D eigenvalue weighted by Crippen LogP contribution is 2.27. The molecule has 0 N–H and O–H groups in total. The quantitative estimate of drug-likeness (QED) is 0.312. The molecule has 0 bridgehead atoms. The van der Waals surface area contributed by atoms with Gasteiger partial charge in [0, 0.05) is 6.92 Å². The third kappa shape index (κ3) is 4.39. The highest BCUT2D eigenvalue weighted by atomic mass is 28.3. The summed E-state index contributed by atoms with van der Waals surface area (Å²) in [7, 11) is -2.38. The zero-order valence-corrected chi connectivity index (χ0v) is 19.9. The molecule has 1 aliphatic heterocycles. The van der Waals surface area contributed by atoms with E-state index in [4.69, 9.17) is 0 Å². The summed E-state index contributed by atoms with van der Waals surface area (Å²) in [6, 6.07) is 32.7. The van der Waals surface area contributed by atoms with Crippen molar-refractivity contribution in [2.24, 2.45) is 5.92 Å². The second-order valence-electron chi connectivity index (χ2n) is 8.51. The maximum Gasteiger partial charge on any atom is 0.236 e. The summed E-state index contributed by atoms with van der Waals surface area (Å²) in [5.41, 5.74) is 0. The molecular formula is C29H29NO2Si. The van der Waals surface area contributed by atoms with E-state index in [1.807, 2.05) is 6.08 Å². The Kier molecular flexibility index (Phi) is 6.85. The van der Waals surface area contributed by atoms with E-state index in [-0.39, 0.29) is 23.8 Å². The van der Waals surface area contributed by atoms with Crippen LogP contribution in [0.2, 0.25) is 6.04 Å². The largest absolute Gasteiger partial charge is 0.275 e. The summed E-state index contributed by atoms with van der Waals surface area (Å²) in [6.07, 6.45) is 6.48. The highest BCUT2D eigenvalue weighted by Gasteiger charge is 2.40. The predicted molar refractivity (Wildman–Crippen MR) is 138 cm³/mol. The first-order valence-corrected chi connectivity index (χ1v) is 13.6. The first kappa shape index (κ1) is 22.7. The lowest BCUT2D eigenvalue weighted by Gasteiger charge is -2.33. The van der Waals surface area contributed by atoms with E-state index in [9.17, 15) is 9.59 Å². The van der Waals surface area contributed by atoms with E-state index < -0.39 is 8.07 Å². The number of hydrogen-bond acceptors (Lipinski definition) is 2. The Hall–Kier alpha value is -3.50. The smallest absolute Gasteiger partial charge is 0.236 e. The molecule has 33 heavy (non-hydrogen) atoms. The first-order chi connectivity index (χ1) is 16.1. The number of amides is 2. The Balaban J connectivity index is 1.76. The number of imide groups is 1. The molecule has 2 atom stereocenters. The third-order valence-corrected chi connectivity index (χ3v) is 11.4. The Bertz CT molecular complexity index is 1050. The molecule has 3 nitrogen and oxygen atoms in total. The minimum atomic E-state index is -2.38. The highest BCUT2D eigenvalue weighted by molar-refractivity contribution is 7.11. The molecule has 0 radical (unpaired) electrons. The Morgan fingerprint density at radius 3 is 1.73 bits per heavy atom.